The third-order valence-corrected chi connectivity index (χ3v) is 4.92. The van der Waals surface area contributed by atoms with Gasteiger partial charge in [0.05, 0.1) is 12.3 Å². The van der Waals surface area contributed by atoms with Gasteiger partial charge in [-0.05, 0) is 18.1 Å². The highest BCUT2D eigenvalue weighted by molar-refractivity contribution is 7.14. The molecule has 0 aliphatic carbocycles. The molecule has 0 bridgehead atoms. The first-order valence-electron chi connectivity index (χ1n) is 8.45. The summed E-state index contributed by atoms with van der Waals surface area (Å²) in [5.74, 6) is 0.574. The summed E-state index contributed by atoms with van der Waals surface area (Å²) < 4.78 is 5.29. The maximum Gasteiger partial charge on any atom is 0.409 e. The van der Waals surface area contributed by atoms with E-state index < -0.39 is 0 Å². The van der Waals surface area contributed by atoms with Crippen LogP contribution >= 0.6 is 11.3 Å². The number of para-hydroxylation sites is 1. The number of anilines is 1. The Balaban J connectivity index is 0.00000243. The molecular weight excluding hydrogens is 338 g/mol. The number of hydrogen-bond donors (Lipinski definition) is 1. The standard InChI is InChI=1S/C18H23N3O3S.H2/c1-13(2)11-24-18(23)21-9-7-20(8-10-21)17-19-15(12-25-17)14-5-3-4-6-16(14)22;/h3-6,12-13,22H,7-11H2,1-2H3;1H. The van der Waals surface area contributed by atoms with Crippen LogP contribution in [0.3, 0.4) is 0 Å². The molecule has 2 aromatic rings. The summed E-state index contributed by atoms with van der Waals surface area (Å²) >= 11 is 1.55. The lowest BCUT2D eigenvalue weighted by molar-refractivity contribution is 0.0901. The molecule has 3 rings (SSSR count). The smallest absolute Gasteiger partial charge is 0.409 e. The third kappa shape index (κ3) is 4.22. The summed E-state index contributed by atoms with van der Waals surface area (Å²) in [5.41, 5.74) is 1.51. The summed E-state index contributed by atoms with van der Waals surface area (Å²) in [4.78, 5) is 20.6. The molecule has 1 amide bonds. The van der Waals surface area contributed by atoms with Gasteiger partial charge in [0.15, 0.2) is 5.13 Å². The summed E-state index contributed by atoms with van der Waals surface area (Å²) in [6.45, 7) is 7.21. The number of hydrogen-bond acceptors (Lipinski definition) is 6. The molecule has 0 radical (unpaired) electrons. The first kappa shape index (κ1) is 17.5. The van der Waals surface area contributed by atoms with E-state index in [4.69, 9.17) is 4.74 Å². The molecule has 0 spiro atoms. The molecule has 0 saturated carbocycles. The number of aromatic hydroxyl groups is 1. The minimum atomic E-state index is -0.234. The van der Waals surface area contributed by atoms with Crippen LogP contribution in [0.2, 0.25) is 0 Å². The largest absolute Gasteiger partial charge is 0.507 e. The van der Waals surface area contributed by atoms with E-state index in [0.29, 0.717) is 25.6 Å². The Kier molecular flexibility index (Phi) is 5.43. The van der Waals surface area contributed by atoms with Crippen molar-refractivity contribution in [2.75, 3.05) is 37.7 Å². The van der Waals surface area contributed by atoms with Crippen LogP contribution in [0, 0.1) is 5.92 Å². The van der Waals surface area contributed by atoms with Crippen molar-refractivity contribution in [2.45, 2.75) is 13.8 Å². The van der Waals surface area contributed by atoms with Crippen molar-refractivity contribution in [1.29, 1.82) is 0 Å². The topological polar surface area (TPSA) is 65.9 Å². The zero-order valence-electron chi connectivity index (χ0n) is 14.5. The number of amides is 1. The lowest BCUT2D eigenvalue weighted by Gasteiger charge is -2.34. The highest BCUT2D eigenvalue weighted by atomic mass is 32.1. The molecule has 6 nitrogen and oxygen atoms in total. The maximum atomic E-state index is 12.0. The van der Waals surface area contributed by atoms with Crippen molar-refractivity contribution in [3.8, 4) is 17.0 Å². The second-order valence-electron chi connectivity index (χ2n) is 6.48. The Hall–Kier alpha value is -2.28. The average molecular weight is 363 g/mol. The molecule has 1 saturated heterocycles. The highest BCUT2D eigenvalue weighted by Crippen LogP contribution is 2.32. The highest BCUT2D eigenvalue weighted by Gasteiger charge is 2.24. The van der Waals surface area contributed by atoms with Crippen LogP contribution < -0.4 is 4.90 Å². The van der Waals surface area contributed by atoms with Crippen LogP contribution in [-0.4, -0.2) is 53.9 Å². The van der Waals surface area contributed by atoms with E-state index in [0.717, 1.165) is 29.5 Å². The number of carbonyl (C=O) groups is 1. The molecule has 1 N–H and O–H groups in total. The normalized spacial score (nSPS) is 14.8. The summed E-state index contributed by atoms with van der Waals surface area (Å²) in [5, 5.41) is 12.8. The quantitative estimate of drug-likeness (QED) is 0.898. The average Bonchev–Trinajstić information content (AvgIpc) is 3.10. The molecule has 1 aliphatic rings. The Morgan fingerprint density at radius 1 is 1.32 bits per heavy atom. The molecular formula is C18H25N3O3S. The Morgan fingerprint density at radius 3 is 2.72 bits per heavy atom. The molecule has 7 heteroatoms. The number of ether oxygens (including phenoxy) is 1. The van der Waals surface area contributed by atoms with Gasteiger partial charge in [0, 0.05) is 38.5 Å². The van der Waals surface area contributed by atoms with Crippen molar-refractivity contribution < 1.29 is 16.1 Å². The van der Waals surface area contributed by atoms with Crippen LogP contribution in [0.1, 0.15) is 15.3 Å². The van der Waals surface area contributed by atoms with Gasteiger partial charge in [-0.15, -0.1) is 11.3 Å². The number of benzene rings is 1. The molecule has 2 heterocycles. The molecule has 136 valence electrons. The molecule has 1 aromatic carbocycles. The van der Waals surface area contributed by atoms with Gasteiger partial charge in [-0.3, -0.25) is 0 Å². The van der Waals surface area contributed by atoms with E-state index in [1.54, 1.807) is 28.4 Å². The fourth-order valence-electron chi connectivity index (χ4n) is 2.63. The number of nitrogens with zero attached hydrogens (tertiary/aromatic N) is 3. The molecule has 0 unspecified atom stereocenters. The lowest BCUT2D eigenvalue weighted by atomic mass is 10.1. The molecule has 0 atom stereocenters. The molecule has 1 aromatic heterocycles. The van der Waals surface area contributed by atoms with Crippen molar-refractivity contribution in [3.63, 3.8) is 0 Å². The zero-order valence-corrected chi connectivity index (χ0v) is 15.3. The first-order chi connectivity index (χ1) is 12.0. The lowest BCUT2D eigenvalue weighted by Crippen LogP contribution is -2.49. The number of phenolic OH excluding ortho intramolecular Hbond substituents is 1. The fourth-order valence-corrected chi connectivity index (χ4v) is 3.51. The summed E-state index contributed by atoms with van der Waals surface area (Å²) in [7, 11) is 0. The Labute approximate surface area is 153 Å². The van der Waals surface area contributed by atoms with Crippen LogP contribution in [0.15, 0.2) is 29.6 Å². The summed E-state index contributed by atoms with van der Waals surface area (Å²) in [6.07, 6.45) is -0.234. The van der Waals surface area contributed by atoms with Crippen molar-refractivity contribution in [3.05, 3.63) is 29.6 Å². The number of phenols is 1. The second-order valence-corrected chi connectivity index (χ2v) is 7.31. The van der Waals surface area contributed by atoms with E-state index in [2.05, 4.69) is 9.88 Å². The number of thiazole rings is 1. The SMILES string of the molecule is CC(C)COC(=O)N1CCN(c2nc(-c3ccccc3O)cs2)CC1.[HH]. The van der Waals surface area contributed by atoms with Crippen molar-refractivity contribution >= 4 is 22.6 Å². The first-order valence-corrected chi connectivity index (χ1v) is 9.33. The zero-order chi connectivity index (χ0) is 17.8. The van der Waals surface area contributed by atoms with Gasteiger partial charge in [0.1, 0.15) is 5.75 Å². The number of aromatic nitrogens is 1. The number of carbonyl (C=O) groups excluding carboxylic acids is 1. The number of piperazine rings is 1. The summed E-state index contributed by atoms with van der Waals surface area (Å²) in [6, 6.07) is 7.20. The van der Waals surface area contributed by atoms with Gasteiger partial charge >= 0.3 is 6.09 Å². The van der Waals surface area contributed by atoms with Gasteiger partial charge in [0.2, 0.25) is 0 Å². The van der Waals surface area contributed by atoms with Crippen LogP contribution in [0.4, 0.5) is 9.93 Å². The Morgan fingerprint density at radius 2 is 2.04 bits per heavy atom. The maximum absolute atomic E-state index is 12.0. The molecule has 25 heavy (non-hydrogen) atoms. The monoisotopic (exact) mass is 363 g/mol. The predicted molar refractivity (Wildman–Crippen MR) is 101 cm³/mol. The van der Waals surface area contributed by atoms with Crippen LogP contribution in [-0.2, 0) is 4.74 Å². The van der Waals surface area contributed by atoms with Crippen molar-refractivity contribution in [2.24, 2.45) is 5.92 Å². The second kappa shape index (κ2) is 7.74. The van der Waals surface area contributed by atoms with E-state index in [9.17, 15) is 9.90 Å². The molecule has 1 fully saturated rings. The van der Waals surface area contributed by atoms with E-state index in [-0.39, 0.29) is 13.3 Å². The Bertz CT molecular complexity index is 730. The fraction of sp³-hybridized carbons (Fsp3) is 0.444. The van der Waals surface area contributed by atoms with Crippen LogP contribution in [0.25, 0.3) is 11.3 Å². The third-order valence-electron chi connectivity index (χ3n) is 4.02. The van der Waals surface area contributed by atoms with Gasteiger partial charge in [-0.1, -0.05) is 26.0 Å². The molecule has 1 aliphatic heterocycles. The minimum absolute atomic E-state index is 0. The predicted octanol–water partition coefficient (Wildman–Crippen LogP) is 3.68. The van der Waals surface area contributed by atoms with Gasteiger partial charge < -0.3 is 19.6 Å². The van der Waals surface area contributed by atoms with E-state index >= 15 is 0 Å². The minimum Gasteiger partial charge on any atom is -0.507 e. The van der Waals surface area contributed by atoms with Gasteiger partial charge in [0.25, 0.3) is 0 Å². The van der Waals surface area contributed by atoms with Crippen molar-refractivity contribution in [1.82, 2.24) is 9.88 Å². The van der Waals surface area contributed by atoms with Gasteiger partial charge in [-0.2, -0.15) is 0 Å². The number of rotatable bonds is 4. The van der Waals surface area contributed by atoms with Crippen LogP contribution in [0.5, 0.6) is 5.75 Å². The van der Waals surface area contributed by atoms with Gasteiger partial charge in [-0.25, -0.2) is 9.78 Å². The van der Waals surface area contributed by atoms with E-state index in [1.807, 2.05) is 31.4 Å². The van der Waals surface area contributed by atoms with E-state index in [1.165, 1.54) is 0 Å².